The summed E-state index contributed by atoms with van der Waals surface area (Å²) < 4.78 is 9.96. The van der Waals surface area contributed by atoms with Crippen molar-refractivity contribution in [2.24, 2.45) is 0 Å². The van der Waals surface area contributed by atoms with Crippen LogP contribution in [0.3, 0.4) is 0 Å². The van der Waals surface area contributed by atoms with Crippen molar-refractivity contribution in [2.75, 3.05) is 19.0 Å². The zero-order chi connectivity index (χ0) is 16.7. The highest BCUT2D eigenvalue weighted by Gasteiger charge is 2.10. The first-order valence-electron chi connectivity index (χ1n) is 6.93. The molecule has 0 unspecified atom stereocenters. The third kappa shape index (κ3) is 4.82. The molecule has 0 saturated heterocycles. The SMILES string of the molecule is COc1ccc(NC(=O)COC(=O)c2ccc(CO)cc2)cc1. The van der Waals surface area contributed by atoms with E-state index in [-0.39, 0.29) is 13.2 Å². The number of anilines is 1. The van der Waals surface area contributed by atoms with E-state index in [0.29, 0.717) is 22.6 Å². The fourth-order valence-electron chi connectivity index (χ4n) is 1.83. The van der Waals surface area contributed by atoms with Gasteiger partial charge in [0.2, 0.25) is 0 Å². The number of amides is 1. The van der Waals surface area contributed by atoms with Crippen molar-refractivity contribution in [3.05, 3.63) is 59.7 Å². The number of aliphatic hydroxyl groups is 1. The van der Waals surface area contributed by atoms with Gasteiger partial charge in [-0.3, -0.25) is 4.79 Å². The number of carbonyl (C=O) groups is 2. The first-order chi connectivity index (χ1) is 11.1. The third-order valence-corrected chi connectivity index (χ3v) is 3.08. The smallest absolute Gasteiger partial charge is 0.338 e. The second-order valence-electron chi connectivity index (χ2n) is 4.71. The highest BCUT2D eigenvalue weighted by atomic mass is 16.5. The number of carbonyl (C=O) groups excluding carboxylic acids is 2. The van der Waals surface area contributed by atoms with E-state index in [1.165, 1.54) is 12.1 Å². The zero-order valence-electron chi connectivity index (χ0n) is 12.6. The van der Waals surface area contributed by atoms with Gasteiger partial charge in [0, 0.05) is 5.69 Å². The molecule has 0 fully saturated rings. The van der Waals surface area contributed by atoms with E-state index in [1.54, 1.807) is 43.5 Å². The lowest BCUT2D eigenvalue weighted by Gasteiger charge is -2.07. The Bertz CT molecular complexity index is 664. The van der Waals surface area contributed by atoms with E-state index >= 15 is 0 Å². The second-order valence-corrected chi connectivity index (χ2v) is 4.71. The molecule has 0 aliphatic heterocycles. The van der Waals surface area contributed by atoms with Crippen LogP contribution < -0.4 is 10.1 Å². The summed E-state index contributed by atoms with van der Waals surface area (Å²) in [5.41, 5.74) is 1.59. The number of hydrogen-bond acceptors (Lipinski definition) is 5. The molecular weight excluding hydrogens is 298 g/mol. The maximum Gasteiger partial charge on any atom is 0.338 e. The van der Waals surface area contributed by atoms with Gasteiger partial charge in [0.05, 0.1) is 19.3 Å². The van der Waals surface area contributed by atoms with Crippen molar-refractivity contribution in [3.8, 4) is 5.75 Å². The normalized spacial score (nSPS) is 10.0. The van der Waals surface area contributed by atoms with Crippen LogP contribution in [-0.2, 0) is 16.1 Å². The fraction of sp³-hybridized carbons (Fsp3) is 0.176. The molecule has 0 spiro atoms. The Hall–Kier alpha value is -2.86. The maximum absolute atomic E-state index is 11.8. The largest absolute Gasteiger partial charge is 0.497 e. The summed E-state index contributed by atoms with van der Waals surface area (Å²) >= 11 is 0. The van der Waals surface area contributed by atoms with Crippen LogP contribution in [0, 0.1) is 0 Å². The molecule has 6 heteroatoms. The molecule has 2 aromatic carbocycles. The van der Waals surface area contributed by atoms with E-state index in [2.05, 4.69) is 5.32 Å². The predicted octanol–water partition coefficient (Wildman–Crippen LogP) is 1.98. The molecule has 120 valence electrons. The van der Waals surface area contributed by atoms with Gasteiger partial charge in [-0.2, -0.15) is 0 Å². The molecule has 0 saturated carbocycles. The first-order valence-corrected chi connectivity index (χ1v) is 6.93. The van der Waals surface area contributed by atoms with Crippen molar-refractivity contribution in [2.45, 2.75) is 6.61 Å². The van der Waals surface area contributed by atoms with Crippen molar-refractivity contribution in [1.82, 2.24) is 0 Å². The highest BCUT2D eigenvalue weighted by Crippen LogP contribution is 2.14. The van der Waals surface area contributed by atoms with Crippen LogP contribution in [0.4, 0.5) is 5.69 Å². The number of benzene rings is 2. The molecule has 2 rings (SSSR count). The van der Waals surface area contributed by atoms with E-state index < -0.39 is 11.9 Å². The molecule has 0 aliphatic rings. The Balaban J connectivity index is 1.83. The lowest BCUT2D eigenvalue weighted by atomic mass is 10.1. The number of esters is 1. The van der Waals surface area contributed by atoms with Crippen LogP contribution >= 0.6 is 0 Å². The van der Waals surface area contributed by atoms with E-state index in [9.17, 15) is 9.59 Å². The summed E-state index contributed by atoms with van der Waals surface area (Å²) in [4.78, 5) is 23.6. The van der Waals surface area contributed by atoms with Gasteiger partial charge in [0.15, 0.2) is 6.61 Å². The molecule has 0 bridgehead atoms. The fourth-order valence-corrected chi connectivity index (χ4v) is 1.83. The Kier molecular flexibility index (Phi) is 5.71. The summed E-state index contributed by atoms with van der Waals surface area (Å²) in [6, 6.07) is 13.1. The molecule has 1 amide bonds. The van der Waals surface area contributed by atoms with Gasteiger partial charge in [-0.25, -0.2) is 4.79 Å². The van der Waals surface area contributed by atoms with Crippen molar-refractivity contribution >= 4 is 17.6 Å². The minimum Gasteiger partial charge on any atom is -0.497 e. The Labute approximate surface area is 133 Å². The lowest BCUT2D eigenvalue weighted by Crippen LogP contribution is -2.20. The quantitative estimate of drug-likeness (QED) is 0.796. The minimum absolute atomic E-state index is 0.0976. The molecule has 6 nitrogen and oxygen atoms in total. The minimum atomic E-state index is -0.598. The average Bonchev–Trinajstić information content (AvgIpc) is 2.60. The summed E-state index contributed by atoms with van der Waals surface area (Å²) in [5.74, 6) is -0.351. The molecule has 2 N–H and O–H groups in total. The topological polar surface area (TPSA) is 84.9 Å². The van der Waals surface area contributed by atoms with Crippen molar-refractivity contribution in [1.29, 1.82) is 0 Å². The zero-order valence-corrected chi connectivity index (χ0v) is 12.6. The van der Waals surface area contributed by atoms with Crippen LogP contribution in [-0.4, -0.2) is 30.7 Å². The molecule has 0 atom stereocenters. The maximum atomic E-state index is 11.8. The van der Waals surface area contributed by atoms with Crippen molar-refractivity contribution in [3.63, 3.8) is 0 Å². The first kappa shape index (κ1) is 16.5. The summed E-state index contributed by atoms with van der Waals surface area (Å²) in [5, 5.41) is 11.6. The Morgan fingerprint density at radius 3 is 2.26 bits per heavy atom. The predicted molar refractivity (Wildman–Crippen MR) is 84.3 cm³/mol. The second kappa shape index (κ2) is 7.95. The molecular formula is C17H17NO5. The van der Waals surface area contributed by atoms with Crippen LogP contribution in [0.1, 0.15) is 15.9 Å². The summed E-state index contributed by atoms with van der Waals surface area (Å²) in [6.45, 7) is -0.480. The Morgan fingerprint density at radius 1 is 1.04 bits per heavy atom. The van der Waals surface area contributed by atoms with E-state index in [1.807, 2.05) is 0 Å². The van der Waals surface area contributed by atoms with Gasteiger partial charge >= 0.3 is 5.97 Å². The number of rotatable bonds is 6. The van der Waals surface area contributed by atoms with Gasteiger partial charge in [-0.15, -0.1) is 0 Å². The van der Waals surface area contributed by atoms with Crippen LogP contribution in [0.15, 0.2) is 48.5 Å². The summed E-state index contributed by atoms with van der Waals surface area (Å²) in [7, 11) is 1.56. The van der Waals surface area contributed by atoms with E-state index in [0.717, 1.165) is 0 Å². The molecule has 0 radical (unpaired) electrons. The van der Waals surface area contributed by atoms with Gasteiger partial charge < -0.3 is 19.9 Å². The van der Waals surface area contributed by atoms with E-state index in [4.69, 9.17) is 14.6 Å². The molecule has 0 aliphatic carbocycles. The number of ether oxygens (including phenoxy) is 2. The highest BCUT2D eigenvalue weighted by molar-refractivity contribution is 5.95. The average molecular weight is 315 g/mol. The molecule has 0 heterocycles. The Morgan fingerprint density at radius 2 is 1.70 bits per heavy atom. The number of methoxy groups -OCH3 is 1. The van der Waals surface area contributed by atoms with Crippen LogP contribution in [0.5, 0.6) is 5.75 Å². The molecule has 0 aromatic heterocycles. The van der Waals surface area contributed by atoms with Crippen LogP contribution in [0.25, 0.3) is 0 Å². The summed E-state index contributed by atoms with van der Waals surface area (Å²) in [6.07, 6.45) is 0. The van der Waals surface area contributed by atoms with Gasteiger partial charge in [0.1, 0.15) is 5.75 Å². The van der Waals surface area contributed by atoms with Gasteiger partial charge in [0.25, 0.3) is 5.91 Å². The number of aliphatic hydroxyl groups excluding tert-OH is 1. The monoisotopic (exact) mass is 315 g/mol. The number of hydrogen-bond donors (Lipinski definition) is 2. The standard InChI is InChI=1S/C17H17NO5/c1-22-15-8-6-14(7-9-15)18-16(20)11-23-17(21)13-4-2-12(10-19)3-5-13/h2-9,19H,10-11H2,1H3,(H,18,20). The molecule has 2 aromatic rings. The van der Waals surface area contributed by atoms with Gasteiger partial charge in [-0.1, -0.05) is 12.1 Å². The van der Waals surface area contributed by atoms with Crippen molar-refractivity contribution < 1.29 is 24.2 Å². The molecule has 23 heavy (non-hydrogen) atoms. The van der Waals surface area contributed by atoms with Crippen LogP contribution in [0.2, 0.25) is 0 Å². The van der Waals surface area contributed by atoms with Gasteiger partial charge in [-0.05, 0) is 42.0 Å². The third-order valence-electron chi connectivity index (χ3n) is 3.08. The number of nitrogens with one attached hydrogen (secondary N) is 1. The lowest BCUT2D eigenvalue weighted by molar-refractivity contribution is -0.119.